The van der Waals surface area contributed by atoms with Gasteiger partial charge in [0.2, 0.25) is 5.96 Å². The number of anilines is 1. The number of fused-ring (bicyclic) bond motifs is 2. The fourth-order valence-electron chi connectivity index (χ4n) is 2.93. The van der Waals surface area contributed by atoms with Gasteiger partial charge in [-0.15, -0.1) is 0 Å². The highest BCUT2D eigenvalue weighted by atomic mass is 79.9. The number of benzene rings is 2. The molecule has 0 aliphatic carbocycles. The van der Waals surface area contributed by atoms with Crippen LogP contribution in [-0.4, -0.2) is 29.9 Å². The first kappa shape index (κ1) is 13.5. The van der Waals surface area contributed by atoms with Gasteiger partial charge >= 0.3 is 0 Å². The van der Waals surface area contributed by atoms with Crippen molar-refractivity contribution in [3.63, 3.8) is 0 Å². The number of carbonyl (C=O) groups excluding carboxylic acids is 1. The number of rotatable bonds is 2. The van der Waals surface area contributed by atoms with Crippen molar-refractivity contribution in [2.45, 2.75) is 6.54 Å². The third kappa shape index (κ3) is 2.13. The molecule has 5 heteroatoms. The predicted octanol–water partition coefficient (Wildman–Crippen LogP) is 3.28. The Morgan fingerprint density at radius 2 is 1.86 bits per heavy atom. The molecule has 110 valence electrons. The second-order valence-electron chi connectivity index (χ2n) is 5.37. The van der Waals surface area contributed by atoms with Crippen molar-refractivity contribution >= 4 is 33.5 Å². The molecule has 4 nitrogen and oxygen atoms in total. The van der Waals surface area contributed by atoms with Crippen LogP contribution in [-0.2, 0) is 6.54 Å². The lowest BCUT2D eigenvalue weighted by atomic mass is 10.1. The molecule has 0 saturated heterocycles. The summed E-state index contributed by atoms with van der Waals surface area (Å²) in [6.07, 6.45) is 0. The minimum absolute atomic E-state index is 0.0545. The number of amides is 1. The van der Waals surface area contributed by atoms with E-state index in [9.17, 15) is 4.79 Å². The van der Waals surface area contributed by atoms with E-state index >= 15 is 0 Å². The van der Waals surface area contributed by atoms with Gasteiger partial charge in [0.1, 0.15) is 0 Å². The van der Waals surface area contributed by atoms with E-state index in [0.29, 0.717) is 19.6 Å². The topological polar surface area (TPSA) is 35.9 Å². The molecule has 0 aromatic heterocycles. The largest absolute Gasteiger partial charge is 0.307 e. The summed E-state index contributed by atoms with van der Waals surface area (Å²) in [6.45, 7) is 2.04. The van der Waals surface area contributed by atoms with Crippen LogP contribution in [0.5, 0.6) is 0 Å². The quantitative estimate of drug-likeness (QED) is 0.828. The third-order valence-corrected chi connectivity index (χ3v) is 4.51. The highest BCUT2D eigenvalue weighted by molar-refractivity contribution is 9.10. The van der Waals surface area contributed by atoms with Crippen LogP contribution in [0.3, 0.4) is 0 Å². The number of aliphatic imine (C=N–C) groups is 1. The SMILES string of the molecule is O=C1c2ccccc2N(Cc2ccc(Br)cc2)C2=NCCN12. The fraction of sp³-hybridized carbons (Fsp3) is 0.176. The lowest BCUT2D eigenvalue weighted by molar-refractivity contribution is 0.0851. The number of carbonyl (C=O) groups is 1. The van der Waals surface area contributed by atoms with Gasteiger partial charge in [-0.1, -0.05) is 40.2 Å². The second kappa shape index (κ2) is 5.25. The van der Waals surface area contributed by atoms with E-state index in [1.165, 1.54) is 5.56 Å². The molecule has 0 spiro atoms. The summed E-state index contributed by atoms with van der Waals surface area (Å²) in [5.41, 5.74) is 2.87. The third-order valence-electron chi connectivity index (χ3n) is 3.98. The molecule has 0 bridgehead atoms. The van der Waals surface area contributed by atoms with Crippen molar-refractivity contribution in [3.8, 4) is 0 Å². The number of para-hydroxylation sites is 1. The average Bonchev–Trinajstić information content (AvgIpc) is 3.03. The van der Waals surface area contributed by atoms with E-state index in [2.05, 4.69) is 38.0 Å². The van der Waals surface area contributed by atoms with Crippen molar-refractivity contribution in [1.29, 1.82) is 0 Å². The molecule has 2 heterocycles. The minimum atomic E-state index is 0.0545. The van der Waals surface area contributed by atoms with Gasteiger partial charge in [-0.25, -0.2) is 0 Å². The molecule has 0 N–H and O–H groups in total. The highest BCUT2D eigenvalue weighted by Crippen LogP contribution is 2.31. The monoisotopic (exact) mass is 355 g/mol. The van der Waals surface area contributed by atoms with Gasteiger partial charge in [0.25, 0.3) is 5.91 Å². The predicted molar refractivity (Wildman–Crippen MR) is 90.1 cm³/mol. The Labute approximate surface area is 137 Å². The van der Waals surface area contributed by atoms with Crippen molar-refractivity contribution < 1.29 is 4.79 Å². The number of guanidine groups is 1. The maximum atomic E-state index is 12.6. The zero-order valence-electron chi connectivity index (χ0n) is 11.9. The van der Waals surface area contributed by atoms with Crippen molar-refractivity contribution in [1.82, 2.24) is 4.90 Å². The molecule has 22 heavy (non-hydrogen) atoms. The van der Waals surface area contributed by atoms with Gasteiger partial charge in [0, 0.05) is 11.0 Å². The van der Waals surface area contributed by atoms with Crippen molar-refractivity contribution in [2.75, 3.05) is 18.0 Å². The van der Waals surface area contributed by atoms with Crippen LogP contribution in [0.2, 0.25) is 0 Å². The number of nitrogens with zero attached hydrogens (tertiary/aromatic N) is 3. The van der Waals surface area contributed by atoms with E-state index in [4.69, 9.17) is 0 Å². The molecule has 0 unspecified atom stereocenters. The number of hydrogen-bond donors (Lipinski definition) is 0. The molecular formula is C17H14BrN3O. The lowest BCUT2D eigenvalue weighted by Crippen LogP contribution is -2.49. The maximum absolute atomic E-state index is 12.6. The van der Waals surface area contributed by atoms with Gasteiger partial charge in [0.15, 0.2) is 0 Å². The summed E-state index contributed by atoms with van der Waals surface area (Å²) < 4.78 is 1.06. The summed E-state index contributed by atoms with van der Waals surface area (Å²) >= 11 is 3.46. The molecule has 0 fully saturated rings. The van der Waals surface area contributed by atoms with Crippen LogP contribution in [0.25, 0.3) is 0 Å². The Kier molecular flexibility index (Phi) is 3.22. The van der Waals surface area contributed by atoms with Gasteiger partial charge < -0.3 is 4.90 Å². The zero-order chi connectivity index (χ0) is 15.1. The van der Waals surface area contributed by atoms with Crippen LogP contribution in [0.15, 0.2) is 58.0 Å². The van der Waals surface area contributed by atoms with E-state index in [-0.39, 0.29) is 5.91 Å². The van der Waals surface area contributed by atoms with Gasteiger partial charge in [0.05, 0.1) is 24.3 Å². The Balaban J connectivity index is 1.77. The summed E-state index contributed by atoms with van der Waals surface area (Å²) in [5.74, 6) is 0.825. The van der Waals surface area contributed by atoms with E-state index < -0.39 is 0 Å². The first-order valence-electron chi connectivity index (χ1n) is 7.21. The molecule has 4 rings (SSSR count). The number of halogens is 1. The van der Waals surface area contributed by atoms with Gasteiger partial charge in [-0.05, 0) is 29.8 Å². The van der Waals surface area contributed by atoms with Crippen molar-refractivity contribution in [2.24, 2.45) is 4.99 Å². The summed E-state index contributed by atoms with van der Waals surface area (Å²) in [7, 11) is 0. The maximum Gasteiger partial charge on any atom is 0.262 e. The molecule has 0 atom stereocenters. The summed E-state index contributed by atoms with van der Waals surface area (Å²) in [4.78, 5) is 21.0. The smallest absolute Gasteiger partial charge is 0.262 e. The Morgan fingerprint density at radius 1 is 1.09 bits per heavy atom. The molecule has 0 radical (unpaired) electrons. The van der Waals surface area contributed by atoms with Gasteiger partial charge in [-0.3, -0.25) is 14.7 Å². The van der Waals surface area contributed by atoms with E-state index in [0.717, 1.165) is 21.7 Å². The normalized spacial score (nSPS) is 16.4. The molecule has 2 aromatic rings. The molecular weight excluding hydrogens is 342 g/mol. The van der Waals surface area contributed by atoms with Gasteiger partial charge in [-0.2, -0.15) is 0 Å². The van der Waals surface area contributed by atoms with Crippen LogP contribution < -0.4 is 4.90 Å². The summed E-state index contributed by atoms with van der Waals surface area (Å²) in [5, 5.41) is 0. The number of hydrogen-bond acceptors (Lipinski definition) is 3. The Hall–Kier alpha value is -2.14. The lowest BCUT2D eigenvalue weighted by Gasteiger charge is -2.36. The molecule has 1 amide bonds. The second-order valence-corrected chi connectivity index (χ2v) is 6.28. The molecule has 0 saturated carbocycles. The Bertz CT molecular complexity index is 770. The average molecular weight is 356 g/mol. The van der Waals surface area contributed by atoms with E-state index in [1.807, 2.05) is 36.4 Å². The highest BCUT2D eigenvalue weighted by Gasteiger charge is 2.36. The van der Waals surface area contributed by atoms with Crippen LogP contribution in [0.4, 0.5) is 5.69 Å². The van der Waals surface area contributed by atoms with Crippen LogP contribution in [0.1, 0.15) is 15.9 Å². The van der Waals surface area contributed by atoms with Crippen LogP contribution in [0, 0.1) is 0 Å². The fourth-order valence-corrected chi connectivity index (χ4v) is 3.19. The standard InChI is InChI=1S/C17H14BrN3O/c18-13-7-5-12(6-8-13)11-21-15-4-2-1-3-14(15)16(22)20-10-9-19-17(20)21/h1-8H,9-11H2. The Morgan fingerprint density at radius 3 is 2.68 bits per heavy atom. The zero-order valence-corrected chi connectivity index (χ0v) is 13.5. The first-order valence-corrected chi connectivity index (χ1v) is 8.01. The van der Waals surface area contributed by atoms with Crippen molar-refractivity contribution in [3.05, 3.63) is 64.1 Å². The van der Waals surface area contributed by atoms with E-state index in [1.54, 1.807) is 4.90 Å². The molecule has 2 aromatic carbocycles. The summed E-state index contributed by atoms with van der Waals surface area (Å²) in [6, 6.07) is 16.0. The minimum Gasteiger partial charge on any atom is -0.307 e. The first-order chi connectivity index (χ1) is 10.7. The molecule has 2 aliphatic rings. The van der Waals surface area contributed by atoms with Crippen LogP contribution >= 0.6 is 15.9 Å². The molecule has 2 aliphatic heterocycles.